The van der Waals surface area contributed by atoms with Crippen molar-refractivity contribution < 1.29 is 9.59 Å². The van der Waals surface area contributed by atoms with Crippen molar-refractivity contribution in [3.05, 3.63) is 0 Å². The highest BCUT2D eigenvalue weighted by molar-refractivity contribution is 5.84. The lowest BCUT2D eigenvalue weighted by Gasteiger charge is -2.25. The standard InChI is InChI=1S/C12H21N3O2/c1-13(12(17)15-8-4-5-9-15)10-11(16)14-6-2-3-7-14/h2-10H2,1H3. The minimum Gasteiger partial charge on any atom is -0.341 e. The first kappa shape index (κ1) is 12.2. The Bertz CT molecular complexity index is 294. The van der Waals surface area contributed by atoms with E-state index >= 15 is 0 Å². The van der Waals surface area contributed by atoms with Crippen molar-refractivity contribution in [2.45, 2.75) is 25.7 Å². The molecule has 0 aromatic rings. The third kappa shape index (κ3) is 2.90. The topological polar surface area (TPSA) is 43.9 Å². The summed E-state index contributed by atoms with van der Waals surface area (Å²) in [6.07, 6.45) is 4.35. The van der Waals surface area contributed by atoms with Gasteiger partial charge in [-0.15, -0.1) is 0 Å². The van der Waals surface area contributed by atoms with Crippen LogP contribution in [0.2, 0.25) is 0 Å². The van der Waals surface area contributed by atoms with E-state index in [1.54, 1.807) is 11.9 Å². The summed E-state index contributed by atoms with van der Waals surface area (Å²) in [4.78, 5) is 29.1. The third-order valence-electron chi connectivity index (χ3n) is 3.53. The van der Waals surface area contributed by atoms with Crippen molar-refractivity contribution in [1.29, 1.82) is 0 Å². The van der Waals surface area contributed by atoms with Gasteiger partial charge in [0.05, 0.1) is 0 Å². The van der Waals surface area contributed by atoms with Gasteiger partial charge in [0.15, 0.2) is 0 Å². The lowest BCUT2D eigenvalue weighted by atomic mass is 10.4. The van der Waals surface area contributed by atoms with Crippen LogP contribution in [0.15, 0.2) is 0 Å². The lowest BCUT2D eigenvalue weighted by Crippen LogP contribution is -2.45. The molecule has 3 amide bonds. The quantitative estimate of drug-likeness (QED) is 0.714. The number of hydrogen-bond acceptors (Lipinski definition) is 2. The van der Waals surface area contributed by atoms with Gasteiger partial charge < -0.3 is 14.7 Å². The van der Waals surface area contributed by atoms with Crippen LogP contribution in [0, 0.1) is 0 Å². The zero-order valence-electron chi connectivity index (χ0n) is 10.5. The molecular formula is C12H21N3O2. The lowest BCUT2D eigenvalue weighted by molar-refractivity contribution is -0.130. The Morgan fingerprint density at radius 3 is 1.94 bits per heavy atom. The second kappa shape index (κ2) is 5.38. The highest BCUT2D eigenvalue weighted by Crippen LogP contribution is 2.11. The van der Waals surface area contributed by atoms with Crippen molar-refractivity contribution >= 4 is 11.9 Å². The van der Waals surface area contributed by atoms with Crippen molar-refractivity contribution in [3.8, 4) is 0 Å². The molecule has 17 heavy (non-hydrogen) atoms. The number of carbonyl (C=O) groups is 2. The predicted molar refractivity (Wildman–Crippen MR) is 64.6 cm³/mol. The van der Waals surface area contributed by atoms with Gasteiger partial charge in [-0.05, 0) is 25.7 Å². The van der Waals surface area contributed by atoms with Crippen LogP contribution in [0.1, 0.15) is 25.7 Å². The van der Waals surface area contributed by atoms with Gasteiger partial charge in [-0.3, -0.25) is 4.79 Å². The van der Waals surface area contributed by atoms with Crippen LogP contribution < -0.4 is 0 Å². The van der Waals surface area contributed by atoms with E-state index in [1.807, 2.05) is 9.80 Å². The monoisotopic (exact) mass is 239 g/mol. The highest BCUT2D eigenvalue weighted by Gasteiger charge is 2.25. The average molecular weight is 239 g/mol. The fourth-order valence-corrected chi connectivity index (χ4v) is 2.49. The Balaban J connectivity index is 1.80. The Morgan fingerprint density at radius 1 is 0.941 bits per heavy atom. The van der Waals surface area contributed by atoms with Gasteiger partial charge in [0.2, 0.25) is 5.91 Å². The first-order chi connectivity index (χ1) is 8.18. The van der Waals surface area contributed by atoms with Gasteiger partial charge in [0.25, 0.3) is 0 Å². The molecule has 2 saturated heterocycles. The predicted octanol–water partition coefficient (Wildman–Crippen LogP) is 0.756. The summed E-state index contributed by atoms with van der Waals surface area (Å²) < 4.78 is 0. The molecule has 0 aromatic carbocycles. The molecule has 0 saturated carbocycles. The van der Waals surface area contributed by atoms with E-state index in [9.17, 15) is 9.59 Å². The highest BCUT2D eigenvalue weighted by atomic mass is 16.2. The fourth-order valence-electron chi connectivity index (χ4n) is 2.49. The van der Waals surface area contributed by atoms with Crippen molar-refractivity contribution in [3.63, 3.8) is 0 Å². The Labute approximate surface area is 102 Å². The molecule has 0 aliphatic carbocycles. The van der Waals surface area contributed by atoms with Gasteiger partial charge in [0, 0.05) is 33.2 Å². The summed E-state index contributed by atoms with van der Waals surface area (Å²) in [7, 11) is 1.72. The molecule has 0 atom stereocenters. The van der Waals surface area contributed by atoms with Crippen molar-refractivity contribution in [1.82, 2.24) is 14.7 Å². The molecule has 96 valence electrons. The van der Waals surface area contributed by atoms with E-state index in [4.69, 9.17) is 0 Å². The Hall–Kier alpha value is -1.26. The summed E-state index contributed by atoms with van der Waals surface area (Å²) in [5.74, 6) is 0.0811. The zero-order valence-corrected chi connectivity index (χ0v) is 10.5. The van der Waals surface area contributed by atoms with E-state index in [0.29, 0.717) is 0 Å². The van der Waals surface area contributed by atoms with Gasteiger partial charge in [0.1, 0.15) is 6.54 Å². The molecule has 0 bridgehead atoms. The minimum atomic E-state index is -0.00459. The maximum Gasteiger partial charge on any atom is 0.320 e. The third-order valence-corrected chi connectivity index (χ3v) is 3.53. The minimum absolute atomic E-state index is 0.00459. The van der Waals surface area contributed by atoms with E-state index in [1.165, 1.54) is 0 Å². The average Bonchev–Trinajstić information content (AvgIpc) is 3.00. The molecule has 2 rings (SSSR count). The first-order valence-corrected chi connectivity index (χ1v) is 6.46. The summed E-state index contributed by atoms with van der Waals surface area (Å²) in [5.41, 5.74) is 0. The van der Waals surface area contributed by atoms with Crippen LogP contribution in [-0.2, 0) is 4.79 Å². The van der Waals surface area contributed by atoms with Crippen molar-refractivity contribution in [2.24, 2.45) is 0 Å². The largest absolute Gasteiger partial charge is 0.341 e. The summed E-state index contributed by atoms with van der Waals surface area (Å²) in [5, 5.41) is 0. The van der Waals surface area contributed by atoms with Gasteiger partial charge in [-0.1, -0.05) is 0 Å². The van der Waals surface area contributed by atoms with E-state index < -0.39 is 0 Å². The molecule has 2 aliphatic rings. The second-order valence-corrected chi connectivity index (χ2v) is 4.92. The number of hydrogen-bond donors (Lipinski definition) is 0. The molecule has 0 spiro atoms. The molecule has 2 heterocycles. The number of carbonyl (C=O) groups excluding carboxylic acids is 2. The van der Waals surface area contributed by atoms with Gasteiger partial charge in [-0.25, -0.2) is 4.79 Å². The number of likely N-dealkylation sites (N-methyl/N-ethyl adjacent to an activating group) is 1. The maximum atomic E-state index is 12.0. The van der Waals surface area contributed by atoms with Crippen LogP contribution in [-0.4, -0.2) is 66.4 Å². The molecule has 0 unspecified atom stereocenters. The normalized spacial score (nSPS) is 19.8. The number of amides is 3. The number of rotatable bonds is 2. The second-order valence-electron chi connectivity index (χ2n) is 4.92. The summed E-state index contributed by atoms with van der Waals surface area (Å²) in [6, 6.07) is -0.00459. The van der Waals surface area contributed by atoms with Crippen LogP contribution >= 0.6 is 0 Å². The Morgan fingerprint density at radius 2 is 1.41 bits per heavy atom. The smallest absolute Gasteiger partial charge is 0.320 e. The number of urea groups is 1. The molecule has 0 aromatic heterocycles. The molecule has 0 N–H and O–H groups in total. The maximum absolute atomic E-state index is 12.0. The SMILES string of the molecule is CN(CC(=O)N1CCCC1)C(=O)N1CCCC1. The molecule has 5 heteroatoms. The summed E-state index contributed by atoms with van der Waals surface area (Å²) in [6.45, 7) is 3.59. The van der Waals surface area contributed by atoms with Crippen molar-refractivity contribution in [2.75, 3.05) is 39.8 Å². The Kier molecular flexibility index (Phi) is 3.86. The molecular weight excluding hydrogens is 218 g/mol. The van der Waals surface area contributed by atoms with Gasteiger partial charge >= 0.3 is 6.03 Å². The molecule has 2 aliphatic heterocycles. The molecule has 0 radical (unpaired) electrons. The molecule has 2 fully saturated rings. The summed E-state index contributed by atoms with van der Waals surface area (Å²) >= 11 is 0. The molecule has 5 nitrogen and oxygen atoms in total. The van der Waals surface area contributed by atoms with Crippen LogP contribution in [0.25, 0.3) is 0 Å². The fraction of sp³-hybridized carbons (Fsp3) is 0.833. The number of nitrogens with zero attached hydrogens (tertiary/aromatic N) is 3. The van der Waals surface area contributed by atoms with E-state index in [2.05, 4.69) is 0 Å². The van der Waals surface area contributed by atoms with E-state index in [0.717, 1.165) is 51.9 Å². The first-order valence-electron chi connectivity index (χ1n) is 6.46. The zero-order chi connectivity index (χ0) is 12.3. The van der Waals surface area contributed by atoms with Crippen LogP contribution in [0.4, 0.5) is 4.79 Å². The van der Waals surface area contributed by atoms with Gasteiger partial charge in [-0.2, -0.15) is 0 Å². The van der Waals surface area contributed by atoms with Crippen LogP contribution in [0.3, 0.4) is 0 Å². The number of likely N-dealkylation sites (tertiary alicyclic amines) is 2. The van der Waals surface area contributed by atoms with Crippen LogP contribution in [0.5, 0.6) is 0 Å². The van der Waals surface area contributed by atoms with E-state index in [-0.39, 0.29) is 18.5 Å².